The normalized spacial score (nSPS) is 25.8. The minimum absolute atomic E-state index is 0.238. The summed E-state index contributed by atoms with van der Waals surface area (Å²) in [5, 5.41) is 0. The van der Waals surface area contributed by atoms with Crippen molar-refractivity contribution in [2.45, 2.75) is 31.7 Å². The van der Waals surface area contributed by atoms with Crippen molar-refractivity contribution in [3.63, 3.8) is 0 Å². The van der Waals surface area contributed by atoms with Gasteiger partial charge in [-0.2, -0.15) is 0 Å². The lowest BCUT2D eigenvalue weighted by molar-refractivity contribution is -0.155. The predicted molar refractivity (Wildman–Crippen MR) is 61.0 cm³/mol. The lowest BCUT2D eigenvalue weighted by Gasteiger charge is -2.32. The van der Waals surface area contributed by atoms with Gasteiger partial charge in [-0.15, -0.1) is 0 Å². The van der Waals surface area contributed by atoms with Crippen molar-refractivity contribution in [1.82, 2.24) is 4.90 Å². The van der Waals surface area contributed by atoms with E-state index < -0.39 is 5.54 Å². The molecule has 90 valence electrons. The van der Waals surface area contributed by atoms with Gasteiger partial charge < -0.3 is 9.53 Å². The second-order valence-electron chi connectivity index (χ2n) is 4.24. The molecule has 4 heteroatoms. The van der Waals surface area contributed by atoms with Crippen LogP contribution in [0.5, 0.6) is 0 Å². The maximum absolute atomic E-state index is 12.0. The molecule has 1 unspecified atom stereocenters. The molecule has 0 saturated carbocycles. The summed E-state index contributed by atoms with van der Waals surface area (Å²) in [6.45, 7) is 6.75. The highest BCUT2D eigenvalue weighted by atomic mass is 16.5. The maximum atomic E-state index is 12.0. The third-order valence-corrected chi connectivity index (χ3v) is 3.07. The molecular weight excluding hydrogens is 206 g/mol. The molecule has 1 fully saturated rings. The Hall–Kier alpha value is -1.16. The number of carbonyl (C=O) groups excluding carboxylic acids is 2. The first-order valence-electron chi connectivity index (χ1n) is 5.55. The summed E-state index contributed by atoms with van der Waals surface area (Å²) in [4.78, 5) is 24.4. The minimum atomic E-state index is -0.673. The van der Waals surface area contributed by atoms with Crippen molar-refractivity contribution >= 4 is 12.3 Å². The number of likely N-dealkylation sites (N-methyl/N-ethyl adjacent to an activating group) is 1. The Kier molecular flexibility index (Phi) is 4.24. The van der Waals surface area contributed by atoms with E-state index >= 15 is 0 Å². The number of aldehydes is 1. The zero-order chi connectivity index (χ0) is 12.2. The van der Waals surface area contributed by atoms with Gasteiger partial charge in [0.15, 0.2) is 0 Å². The Bertz CT molecular complexity index is 301. The molecule has 0 N–H and O–H groups in total. The Morgan fingerprint density at radius 1 is 1.69 bits per heavy atom. The topological polar surface area (TPSA) is 46.6 Å². The van der Waals surface area contributed by atoms with Gasteiger partial charge in [-0.25, -0.2) is 0 Å². The monoisotopic (exact) mass is 225 g/mol. The van der Waals surface area contributed by atoms with Crippen LogP contribution < -0.4 is 0 Å². The quantitative estimate of drug-likeness (QED) is 0.400. The zero-order valence-electron chi connectivity index (χ0n) is 9.99. The first-order valence-corrected chi connectivity index (χ1v) is 5.55. The lowest BCUT2D eigenvalue weighted by Crippen LogP contribution is -2.49. The van der Waals surface area contributed by atoms with E-state index in [0.29, 0.717) is 32.4 Å². The van der Waals surface area contributed by atoms with Gasteiger partial charge in [0.2, 0.25) is 0 Å². The SMILES string of the molecule is C=C1CN(C)C(CCC=O)(C(=O)OCC)C1. The highest BCUT2D eigenvalue weighted by Gasteiger charge is 2.47. The van der Waals surface area contributed by atoms with Crippen molar-refractivity contribution in [1.29, 1.82) is 0 Å². The number of ether oxygens (including phenoxy) is 1. The number of nitrogens with zero attached hydrogens (tertiary/aromatic N) is 1. The number of rotatable bonds is 5. The zero-order valence-corrected chi connectivity index (χ0v) is 9.99. The Morgan fingerprint density at radius 3 is 2.81 bits per heavy atom. The van der Waals surface area contributed by atoms with Crippen molar-refractivity contribution in [3.05, 3.63) is 12.2 Å². The molecular formula is C12H19NO3. The minimum Gasteiger partial charge on any atom is -0.465 e. The first kappa shape index (κ1) is 12.9. The molecule has 1 rings (SSSR count). The van der Waals surface area contributed by atoms with Crippen LogP contribution in [0.3, 0.4) is 0 Å². The molecule has 1 aliphatic rings. The van der Waals surface area contributed by atoms with Crippen LogP contribution in [0.2, 0.25) is 0 Å². The number of esters is 1. The largest absolute Gasteiger partial charge is 0.465 e. The molecule has 0 spiro atoms. The number of hydrogen-bond acceptors (Lipinski definition) is 4. The van der Waals surface area contributed by atoms with E-state index in [0.717, 1.165) is 11.9 Å². The Balaban J connectivity index is 2.87. The van der Waals surface area contributed by atoms with Gasteiger partial charge in [-0.3, -0.25) is 9.69 Å². The van der Waals surface area contributed by atoms with Crippen LogP contribution >= 0.6 is 0 Å². The molecule has 1 atom stereocenters. The average Bonchev–Trinajstić information content (AvgIpc) is 2.52. The van der Waals surface area contributed by atoms with Crippen LogP contribution in [0, 0.1) is 0 Å². The van der Waals surface area contributed by atoms with Crippen molar-refractivity contribution < 1.29 is 14.3 Å². The lowest BCUT2D eigenvalue weighted by atomic mass is 9.90. The predicted octanol–water partition coefficient (Wildman–Crippen LogP) is 1.16. The third-order valence-electron chi connectivity index (χ3n) is 3.07. The van der Waals surface area contributed by atoms with E-state index in [9.17, 15) is 9.59 Å². The molecule has 1 aliphatic heterocycles. The molecule has 16 heavy (non-hydrogen) atoms. The molecule has 0 radical (unpaired) electrons. The highest BCUT2D eigenvalue weighted by molar-refractivity contribution is 5.82. The molecule has 1 saturated heterocycles. The maximum Gasteiger partial charge on any atom is 0.326 e. The molecule has 4 nitrogen and oxygen atoms in total. The fraction of sp³-hybridized carbons (Fsp3) is 0.667. The van der Waals surface area contributed by atoms with Gasteiger partial charge in [-0.05, 0) is 26.8 Å². The summed E-state index contributed by atoms with van der Waals surface area (Å²) in [6.07, 6.45) is 2.31. The van der Waals surface area contributed by atoms with Crippen LogP contribution in [0.1, 0.15) is 26.2 Å². The van der Waals surface area contributed by atoms with Crippen molar-refractivity contribution in [2.24, 2.45) is 0 Å². The summed E-state index contributed by atoms with van der Waals surface area (Å²) in [6, 6.07) is 0. The van der Waals surface area contributed by atoms with E-state index in [1.807, 2.05) is 11.9 Å². The van der Waals surface area contributed by atoms with Crippen molar-refractivity contribution in [3.8, 4) is 0 Å². The summed E-state index contributed by atoms with van der Waals surface area (Å²) < 4.78 is 5.11. The summed E-state index contributed by atoms with van der Waals surface area (Å²) in [7, 11) is 1.87. The van der Waals surface area contributed by atoms with Gasteiger partial charge in [0.05, 0.1) is 6.61 Å². The van der Waals surface area contributed by atoms with Crippen LogP contribution in [0.25, 0.3) is 0 Å². The molecule has 0 bridgehead atoms. The fourth-order valence-electron chi connectivity index (χ4n) is 2.26. The summed E-state index contributed by atoms with van der Waals surface area (Å²) in [5.74, 6) is -0.238. The van der Waals surface area contributed by atoms with E-state index in [4.69, 9.17) is 4.74 Å². The number of likely N-dealkylation sites (tertiary alicyclic amines) is 1. The number of carbonyl (C=O) groups is 2. The molecule has 0 aromatic carbocycles. The van der Waals surface area contributed by atoms with E-state index in [-0.39, 0.29) is 5.97 Å². The van der Waals surface area contributed by atoms with Crippen LogP contribution in [0.15, 0.2) is 12.2 Å². The smallest absolute Gasteiger partial charge is 0.326 e. The number of hydrogen-bond donors (Lipinski definition) is 0. The molecule has 0 aromatic rings. The average molecular weight is 225 g/mol. The second kappa shape index (κ2) is 5.25. The van der Waals surface area contributed by atoms with Crippen LogP contribution in [-0.4, -0.2) is 42.9 Å². The van der Waals surface area contributed by atoms with Gasteiger partial charge in [0.1, 0.15) is 11.8 Å². The van der Waals surface area contributed by atoms with E-state index in [1.165, 1.54) is 0 Å². The standard InChI is InChI=1S/C12H19NO3/c1-4-16-11(15)12(6-5-7-14)8-10(2)9-13(12)3/h7H,2,4-6,8-9H2,1,3H3. The fourth-order valence-corrected chi connectivity index (χ4v) is 2.26. The van der Waals surface area contributed by atoms with Crippen molar-refractivity contribution in [2.75, 3.05) is 20.2 Å². The molecule has 0 aromatic heterocycles. The summed E-state index contributed by atoms with van der Waals surface area (Å²) in [5.41, 5.74) is 0.343. The molecule has 0 amide bonds. The van der Waals surface area contributed by atoms with Gasteiger partial charge >= 0.3 is 5.97 Å². The third kappa shape index (κ3) is 2.32. The first-order chi connectivity index (χ1) is 7.56. The van der Waals surface area contributed by atoms with E-state index in [2.05, 4.69) is 6.58 Å². The highest BCUT2D eigenvalue weighted by Crippen LogP contribution is 2.35. The van der Waals surface area contributed by atoms with Crippen LogP contribution in [-0.2, 0) is 14.3 Å². The second-order valence-corrected chi connectivity index (χ2v) is 4.24. The molecule has 0 aliphatic carbocycles. The van der Waals surface area contributed by atoms with Gasteiger partial charge in [0.25, 0.3) is 0 Å². The summed E-state index contributed by atoms with van der Waals surface area (Å²) >= 11 is 0. The van der Waals surface area contributed by atoms with E-state index in [1.54, 1.807) is 6.92 Å². The molecule has 1 heterocycles. The van der Waals surface area contributed by atoms with Crippen LogP contribution in [0.4, 0.5) is 0 Å². The Labute approximate surface area is 96.3 Å². The van der Waals surface area contributed by atoms with Gasteiger partial charge in [0, 0.05) is 13.0 Å². The van der Waals surface area contributed by atoms with Gasteiger partial charge in [-0.1, -0.05) is 12.2 Å². The Morgan fingerprint density at radius 2 is 2.38 bits per heavy atom.